The van der Waals surface area contributed by atoms with Gasteiger partial charge in [0, 0.05) is 6.20 Å². The number of nitrogens with zero attached hydrogens (tertiary/aromatic N) is 1. The van der Waals surface area contributed by atoms with Crippen LogP contribution in [0.4, 0.5) is 0 Å². The molecule has 4 atom stereocenters. The summed E-state index contributed by atoms with van der Waals surface area (Å²) >= 11 is 1.57. The lowest BCUT2D eigenvalue weighted by Gasteiger charge is -2.34. The first-order valence-electron chi connectivity index (χ1n) is 5.75. The van der Waals surface area contributed by atoms with Gasteiger partial charge in [0.15, 0.2) is 0 Å². The molecule has 1 aromatic rings. The van der Waals surface area contributed by atoms with Crippen molar-refractivity contribution in [1.82, 2.24) is 4.98 Å². The van der Waals surface area contributed by atoms with Gasteiger partial charge >= 0.3 is 0 Å². The summed E-state index contributed by atoms with van der Waals surface area (Å²) in [6, 6.07) is 0. The Kier molecular flexibility index (Phi) is 3.42. The maximum Gasteiger partial charge on any atom is 0.0926 e. The molecule has 1 aliphatic carbocycles. The lowest BCUT2D eigenvalue weighted by atomic mass is 9.74. The van der Waals surface area contributed by atoms with Crippen molar-refractivity contribution >= 4 is 11.3 Å². The van der Waals surface area contributed by atoms with Crippen LogP contribution in [-0.4, -0.2) is 10.1 Å². The molecule has 1 aliphatic rings. The standard InChI is InChI=1S/C12H19NOS/c1-8-3-4-10(5-9(8)2)12(14)11-6-13-7-15-11/h6-10,12,14H,3-5H2,1-2H3. The van der Waals surface area contributed by atoms with Gasteiger partial charge < -0.3 is 5.11 Å². The number of hydrogen-bond donors (Lipinski definition) is 1. The number of thiazole rings is 1. The predicted octanol–water partition coefficient (Wildman–Crippen LogP) is 3.25. The fourth-order valence-electron chi connectivity index (χ4n) is 2.48. The molecule has 0 bridgehead atoms. The van der Waals surface area contributed by atoms with Gasteiger partial charge in [-0.3, -0.25) is 4.98 Å². The number of aliphatic hydroxyl groups is 1. The molecule has 1 aromatic heterocycles. The maximum atomic E-state index is 10.2. The van der Waals surface area contributed by atoms with E-state index in [0.29, 0.717) is 5.92 Å². The minimum Gasteiger partial charge on any atom is -0.387 e. The Morgan fingerprint density at radius 1 is 1.40 bits per heavy atom. The molecule has 0 saturated heterocycles. The Labute approximate surface area is 95.4 Å². The summed E-state index contributed by atoms with van der Waals surface area (Å²) in [5.74, 6) is 2.00. The van der Waals surface area contributed by atoms with Gasteiger partial charge in [-0.15, -0.1) is 11.3 Å². The van der Waals surface area contributed by atoms with Crippen molar-refractivity contribution in [2.45, 2.75) is 39.2 Å². The maximum absolute atomic E-state index is 10.2. The number of rotatable bonds is 2. The minimum atomic E-state index is -0.285. The van der Waals surface area contributed by atoms with Crippen LogP contribution in [0.25, 0.3) is 0 Å². The third-order valence-electron chi connectivity index (χ3n) is 3.83. The summed E-state index contributed by atoms with van der Waals surface area (Å²) in [5, 5.41) is 10.2. The van der Waals surface area contributed by atoms with Crippen LogP contribution in [0, 0.1) is 17.8 Å². The highest BCUT2D eigenvalue weighted by Crippen LogP contribution is 2.40. The van der Waals surface area contributed by atoms with Gasteiger partial charge in [0.2, 0.25) is 0 Å². The van der Waals surface area contributed by atoms with Gasteiger partial charge in [-0.1, -0.05) is 20.3 Å². The minimum absolute atomic E-state index is 0.285. The second-order valence-corrected chi connectivity index (χ2v) is 5.79. The van der Waals surface area contributed by atoms with Crippen LogP contribution in [-0.2, 0) is 0 Å². The van der Waals surface area contributed by atoms with Crippen LogP contribution < -0.4 is 0 Å². The van der Waals surface area contributed by atoms with Crippen LogP contribution in [0.1, 0.15) is 44.1 Å². The van der Waals surface area contributed by atoms with E-state index in [-0.39, 0.29) is 6.10 Å². The zero-order valence-corrected chi connectivity index (χ0v) is 10.2. The Morgan fingerprint density at radius 2 is 2.20 bits per heavy atom. The molecule has 0 aromatic carbocycles. The molecule has 15 heavy (non-hydrogen) atoms. The highest BCUT2D eigenvalue weighted by Gasteiger charge is 2.30. The van der Waals surface area contributed by atoms with Crippen LogP contribution in [0.5, 0.6) is 0 Å². The first-order valence-corrected chi connectivity index (χ1v) is 6.63. The van der Waals surface area contributed by atoms with E-state index >= 15 is 0 Å². The summed E-state index contributed by atoms with van der Waals surface area (Å²) in [6.45, 7) is 4.62. The lowest BCUT2D eigenvalue weighted by molar-refractivity contribution is 0.0584. The Morgan fingerprint density at radius 3 is 2.80 bits per heavy atom. The molecular formula is C12H19NOS. The van der Waals surface area contributed by atoms with Gasteiger partial charge in [-0.2, -0.15) is 0 Å². The summed E-state index contributed by atoms with van der Waals surface area (Å²) in [4.78, 5) is 5.06. The average molecular weight is 225 g/mol. The predicted molar refractivity (Wildman–Crippen MR) is 62.7 cm³/mol. The van der Waals surface area contributed by atoms with E-state index in [0.717, 1.165) is 29.6 Å². The van der Waals surface area contributed by atoms with Gasteiger partial charge in [0.25, 0.3) is 0 Å². The van der Waals surface area contributed by atoms with E-state index in [2.05, 4.69) is 18.8 Å². The van der Waals surface area contributed by atoms with Crippen molar-refractivity contribution < 1.29 is 5.11 Å². The molecule has 0 aliphatic heterocycles. The summed E-state index contributed by atoms with van der Waals surface area (Å²) in [7, 11) is 0. The van der Waals surface area contributed by atoms with E-state index in [1.165, 1.54) is 6.42 Å². The molecular weight excluding hydrogens is 206 g/mol. The van der Waals surface area contributed by atoms with E-state index in [1.807, 2.05) is 0 Å². The zero-order valence-electron chi connectivity index (χ0n) is 9.39. The summed E-state index contributed by atoms with van der Waals surface area (Å²) in [6.07, 6.45) is 5.08. The van der Waals surface area contributed by atoms with Crippen molar-refractivity contribution in [3.63, 3.8) is 0 Å². The van der Waals surface area contributed by atoms with Gasteiger partial charge in [-0.25, -0.2) is 0 Å². The zero-order chi connectivity index (χ0) is 10.8. The fourth-order valence-corrected chi connectivity index (χ4v) is 3.18. The topological polar surface area (TPSA) is 33.1 Å². The Bertz CT molecular complexity index is 299. The number of aromatic nitrogens is 1. The smallest absolute Gasteiger partial charge is 0.0926 e. The molecule has 4 unspecified atom stereocenters. The first kappa shape index (κ1) is 11.1. The first-order chi connectivity index (χ1) is 7.18. The third kappa shape index (κ3) is 2.40. The van der Waals surface area contributed by atoms with Crippen molar-refractivity contribution in [2.75, 3.05) is 0 Å². The van der Waals surface area contributed by atoms with E-state index in [9.17, 15) is 5.11 Å². The van der Waals surface area contributed by atoms with E-state index in [4.69, 9.17) is 0 Å². The second kappa shape index (κ2) is 4.62. The highest BCUT2D eigenvalue weighted by atomic mass is 32.1. The van der Waals surface area contributed by atoms with Gasteiger partial charge in [-0.05, 0) is 30.6 Å². The van der Waals surface area contributed by atoms with Crippen molar-refractivity contribution in [3.8, 4) is 0 Å². The molecule has 0 amide bonds. The molecule has 3 heteroatoms. The van der Waals surface area contributed by atoms with Gasteiger partial charge in [0.1, 0.15) is 0 Å². The largest absolute Gasteiger partial charge is 0.387 e. The second-order valence-electron chi connectivity index (χ2n) is 4.88. The van der Waals surface area contributed by atoms with Gasteiger partial charge in [0.05, 0.1) is 16.5 Å². The van der Waals surface area contributed by atoms with Crippen molar-refractivity contribution in [2.24, 2.45) is 17.8 Å². The molecule has 2 rings (SSSR count). The molecule has 1 N–H and O–H groups in total. The Balaban J connectivity index is 2.00. The quantitative estimate of drug-likeness (QED) is 0.838. The molecule has 2 nitrogen and oxygen atoms in total. The average Bonchev–Trinajstić information content (AvgIpc) is 2.74. The molecule has 0 spiro atoms. The Hall–Kier alpha value is -0.410. The van der Waals surface area contributed by atoms with Crippen LogP contribution in [0.3, 0.4) is 0 Å². The molecule has 84 valence electrons. The third-order valence-corrected chi connectivity index (χ3v) is 4.67. The molecule has 0 radical (unpaired) electrons. The number of hydrogen-bond acceptors (Lipinski definition) is 3. The van der Waals surface area contributed by atoms with E-state index in [1.54, 1.807) is 23.0 Å². The normalized spacial score (nSPS) is 33.9. The molecule has 1 heterocycles. The van der Waals surface area contributed by atoms with E-state index < -0.39 is 0 Å². The molecule has 1 saturated carbocycles. The number of aliphatic hydroxyl groups excluding tert-OH is 1. The summed E-state index contributed by atoms with van der Waals surface area (Å²) in [5.41, 5.74) is 1.80. The fraction of sp³-hybridized carbons (Fsp3) is 0.750. The SMILES string of the molecule is CC1CCC(C(O)c2cncs2)CC1C. The molecule has 1 fully saturated rings. The highest BCUT2D eigenvalue weighted by molar-refractivity contribution is 7.09. The van der Waals surface area contributed by atoms with Crippen LogP contribution in [0.15, 0.2) is 11.7 Å². The van der Waals surface area contributed by atoms with Crippen LogP contribution >= 0.6 is 11.3 Å². The monoisotopic (exact) mass is 225 g/mol. The van der Waals surface area contributed by atoms with Crippen molar-refractivity contribution in [1.29, 1.82) is 0 Å². The summed E-state index contributed by atoms with van der Waals surface area (Å²) < 4.78 is 0. The van der Waals surface area contributed by atoms with Crippen molar-refractivity contribution in [3.05, 3.63) is 16.6 Å². The lowest BCUT2D eigenvalue weighted by Crippen LogP contribution is -2.24. The van der Waals surface area contributed by atoms with Crippen LogP contribution in [0.2, 0.25) is 0 Å².